The fourth-order valence-electron chi connectivity index (χ4n) is 1.86. The van der Waals surface area contributed by atoms with Gasteiger partial charge in [0.2, 0.25) is 0 Å². The molecule has 0 bridgehead atoms. The molecule has 0 saturated heterocycles. The number of rotatable bonds is 4. The van der Waals surface area contributed by atoms with E-state index in [1.807, 2.05) is 24.3 Å². The third kappa shape index (κ3) is 3.42. The number of carbonyl (C=O) groups is 1. The molecule has 1 amide bonds. The first kappa shape index (κ1) is 14.2. The molecule has 2 aromatic rings. The molecule has 0 atom stereocenters. The Morgan fingerprint density at radius 2 is 1.80 bits per heavy atom. The molecule has 0 heterocycles. The summed E-state index contributed by atoms with van der Waals surface area (Å²) in [6.45, 7) is 2.57. The van der Waals surface area contributed by atoms with Crippen molar-refractivity contribution in [2.75, 3.05) is 0 Å². The van der Waals surface area contributed by atoms with Crippen LogP contribution in [-0.2, 0) is 13.1 Å². The van der Waals surface area contributed by atoms with Crippen molar-refractivity contribution in [2.45, 2.75) is 20.0 Å². The summed E-state index contributed by atoms with van der Waals surface area (Å²) >= 11 is 0. The first-order valence-electron chi connectivity index (χ1n) is 6.42. The van der Waals surface area contributed by atoms with Gasteiger partial charge >= 0.3 is 0 Å². The van der Waals surface area contributed by atoms with Crippen LogP contribution in [-0.4, -0.2) is 5.91 Å². The molecular formula is C16H17FN2O. The van der Waals surface area contributed by atoms with Crippen LogP contribution >= 0.6 is 0 Å². The minimum Gasteiger partial charge on any atom is -0.348 e. The van der Waals surface area contributed by atoms with Crippen molar-refractivity contribution in [1.29, 1.82) is 0 Å². The molecule has 0 aliphatic rings. The average Bonchev–Trinajstić information content (AvgIpc) is 2.48. The van der Waals surface area contributed by atoms with Crippen LogP contribution in [0.3, 0.4) is 0 Å². The summed E-state index contributed by atoms with van der Waals surface area (Å²) in [5.41, 5.74) is 8.49. The van der Waals surface area contributed by atoms with Gasteiger partial charge in [-0.3, -0.25) is 4.79 Å². The van der Waals surface area contributed by atoms with Crippen LogP contribution in [0.1, 0.15) is 27.0 Å². The van der Waals surface area contributed by atoms with E-state index in [1.165, 1.54) is 12.1 Å². The van der Waals surface area contributed by atoms with Gasteiger partial charge < -0.3 is 11.1 Å². The van der Waals surface area contributed by atoms with Crippen LogP contribution in [0.4, 0.5) is 4.39 Å². The second kappa shape index (κ2) is 6.30. The molecule has 2 rings (SSSR count). The lowest BCUT2D eigenvalue weighted by Gasteiger charge is -2.07. The van der Waals surface area contributed by atoms with Crippen LogP contribution in [0.5, 0.6) is 0 Å². The zero-order chi connectivity index (χ0) is 14.5. The van der Waals surface area contributed by atoms with E-state index in [0.717, 1.165) is 11.1 Å². The molecular weight excluding hydrogens is 255 g/mol. The molecule has 0 aliphatic heterocycles. The van der Waals surface area contributed by atoms with E-state index in [-0.39, 0.29) is 11.7 Å². The quantitative estimate of drug-likeness (QED) is 0.898. The van der Waals surface area contributed by atoms with Gasteiger partial charge in [-0.15, -0.1) is 0 Å². The summed E-state index contributed by atoms with van der Waals surface area (Å²) < 4.78 is 13.1. The molecule has 0 radical (unpaired) electrons. The van der Waals surface area contributed by atoms with Crippen molar-refractivity contribution in [1.82, 2.24) is 5.32 Å². The molecule has 104 valence electrons. The van der Waals surface area contributed by atoms with Crippen molar-refractivity contribution in [2.24, 2.45) is 5.73 Å². The first-order valence-corrected chi connectivity index (χ1v) is 6.42. The molecule has 0 fully saturated rings. The van der Waals surface area contributed by atoms with E-state index >= 15 is 0 Å². The zero-order valence-electron chi connectivity index (χ0n) is 11.3. The predicted octanol–water partition coefficient (Wildman–Crippen LogP) is 2.52. The van der Waals surface area contributed by atoms with Gasteiger partial charge in [0.1, 0.15) is 5.82 Å². The van der Waals surface area contributed by atoms with Gasteiger partial charge in [0.05, 0.1) is 0 Å². The number of aryl methyl sites for hydroxylation is 1. The van der Waals surface area contributed by atoms with E-state index in [1.54, 1.807) is 13.0 Å². The lowest BCUT2D eigenvalue weighted by molar-refractivity contribution is 0.0951. The van der Waals surface area contributed by atoms with Gasteiger partial charge in [0, 0.05) is 18.7 Å². The number of carbonyl (C=O) groups excluding carboxylic acids is 1. The number of amides is 1. The maximum absolute atomic E-state index is 13.1. The van der Waals surface area contributed by atoms with Crippen molar-refractivity contribution in [3.05, 3.63) is 70.5 Å². The molecule has 0 aliphatic carbocycles. The number of hydrogen-bond acceptors (Lipinski definition) is 2. The predicted molar refractivity (Wildman–Crippen MR) is 76.6 cm³/mol. The standard InChI is InChI=1S/C16H17FN2O/c1-11-8-14(6-7-15(11)17)16(20)19-10-13-4-2-12(9-18)3-5-13/h2-8H,9-10,18H2,1H3,(H,19,20). The highest BCUT2D eigenvalue weighted by molar-refractivity contribution is 5.94. The molecule has 2 aromatic carbocycles. The van der Waals surface area contributed by atoms with Crippen molar-refractivity contribution in [3.8, 4) is 0 Å². The summed E-state index contributed by atoms with van der Waals surface area (Å²) in [7, 11) is 0. The largest absolute Gasteiger partial charge is 0.348 e. The Morgan fingerprint density at radius 3 is 2.40 bits per heavy atom. The lowest BCUT2D eigenvalue weighted by atomic mass is 10.1. The Labute approximate surface area is 117 Å². The number of hydrogen-bond donors (Lipinski definition) is 2. The highest BCUT2D eigenvalue weighted by atomic mass is 19.1. The summed E-state index contributed by atoms with van der Waals surface area (Å²) in [6, 6.07) is 12.1. The highest BCUT2D eigenvalue weighted by Gasteiger charge is 2.07. The summed E-state index contributed by atoms with van der Waals surface area (Å²) in [5.74, 6) is -0.519. The maximum atomic E-state index is 13.1. The highest BCUT2D eigenvalue weighted by Crippen LogP contribution is 2.09. The van der Waals surface area contributed by atoms with Crippen LogP contribution in [0.15, 0.2) is 42.5 Å². The smallest absolute Gasteiger partial charge is 0.251 e. The second-order valence-corrected chi connectivity index (χ2v) is 4.67. The molecule has 0 unspecified atom stereocenters. The van der Waals surface area contributed by atoms with E-state index in [9.17, 15) is 9.18 Å². The zero-order valence-corrected chi connectivity index (χ0v) is 11.3. The monoisotopic (exact) mass is 272 g/mol. The Morgan fingerprint density at radius 1 is 1.15 bits per heavy atom. The molecule has 0 aromatic heterocycles. The molecule has 0 saturated carbocycles. The number of nitrogens with one attached hydrogen (secondary N) is 1. The van der Waals surface area contributed by atoms with Crippen LogP contribution in [0, 0.1) is 12.7 Å². The fraction of sp³-hybridized carbons (Fsp3) is 0.188. The first-order chi connectivity index (χ1) is 9.60. The van der Waals surface area contributed by atoms with Gasteiger partial charge in [-0.05, 0) is 41.8 Å². The molecule has 3 N–H and O–H groups in total. The molecule has 3 nitrogen and oxygen atoms in total. The van der Waals surface area contributed by atoms with Gasteiger partial charge in [-0.1, -0.05) is 24.3 Å². The van der Waals surface area contributed by atoms with Crippen LogP contribution in [0.25, 0.3) is 0 Å². The van der Waals surface area contributed by atoms with Crippen molar-refractivity contribution < 1.29 is 9.18 Å². The SMILES string of the molecule is Cc1cc(C(=O)NCc2ccc(CN)cc2)ccc1F. The number of benzene rings is 2. The minimum absolute atomic E-state index is 0.212. The third-order valence-electron chi connectivity index (χ3n) is 3.13. The van der Waals surface area contributed by atoms with Gasteiger partial charge in [-0.25, -0.2) is 4.39 Å². The van der Waals surface area contributed by atoms with Gasteiger partial charge in [0.25, 0.3) is 5.91 Å². The molecule has 4 heteroatoms. The Kier molecular flexibility index (Phi) is 4.48. The maximum Gasteiger partial charge on any atom is 0.251 e. The van der Waals surface area contributed by atoms with E-state index < -0.39 is 0 Å². The van der Waals surface area contributed by atoms with Crippen LogP contribution in [0.2, 0.25) is 0 Å². The Bertz CT molecular complexity index is 608. The summed E-state index contributed by atoms with van der Waals surface area (Å²) in [6.07, 6.45) is 0. The Hall–Kier alpha value is -2.20. The normalized spacial score (nSPS) is 10.3. The van der Waals surface area contributed by atoms with Gasteiger partial charge in [0.15, 0.2) is 0 Å². The van der Waals surface area contributed by atoms with Gasteiger partial charge in [-0.2, -0.15) is 0 Å². The van der Waals surface area contributed by atoms with Crippen LogP contribution < -0.4 is 11.1 Å². The molecule has 20 heavy (non-hydrogen) atoms. The van der Waals surface area contributed by atoms with Crippen molar-refractivity contribution in [3.63, 3.8) is 0 Å². The Balaban J connectivity index is 1.98. The summed E-state index contributed by atoms with van der Waals surface area (Å²) in [4.78, 5) is 12.0. The van der Waals surface area contributed by atoms with E-state index in [2.05, 4.69) is 5.32 Å². The van der Waals surface area contributed by atoms with Crippen molar-refractivity contribution >= 4 is 5.91 Å². The molecule has 0 spiro atoms. The topological polar surface area (TPSA) is 55.1 Å². The van der Waals surface area contributed by atoms with E-state index in [0.29, 0.717) is 24.2 Å². The van der Waals surface area contributed by atoms with E-state index in [4.69, 9.17) is 5.73 Å². The second-order valence-electron chi connectivity index (χ2n) is 4.67. The third-order valence-corrected chi connectivity index (χ3v) is 3.13. The summed E-state index contributed by atoms with van der Waals surface area (Å²) in [5, 5.41) is 2.81. The number of halogens is 1. The fourth-order valence-corrected chi connectivity index (χ4v) is 1.86. The minimum atomic E-state index is -0.307. The average molecular weight is 272 g/mol. The number of nitrogens with two attached hydrogens (primary N) is 1. The lowest BCUT2D eigenvalue weighted by Crippen LogP contribution is -2.22.